The fourth-order valence-electron chi connectivity index (χ4n) is 1.53. The first kappa shape index (κ1) is 17.3. The smallest absolute Gasteiger partial charge is 0.304 e. The summed E-state index contributed by atoms with van der Waals surface area (Å²) >= 11 is 0. The first-order valence-corrected chi connectivity index (χ1v) is 8.11. The summed E-state index contributed by atoms with van der Waals surface area (Å²) in [6, 6.07) is 5.59. The lowest BCUT2D eigenvalue weighted by Gasteiger charge is -2.27. The summed E-state index contributed by atoms with van der Waals surface area (Å²) in [7, 11) is -4.55. The molecule has 0 aliphatic carbocycles. The lowest BCUT2D eigenvalue weighted by molar-refractivity contribution is 0.0320. The van der Waals surface area contributed by atoms with E-state index in [0.717, 1.165) is 5.56 Å². The van der Waals surface area contributed by atoms with Crippen LogP contribution in [0, 0.1) is 12.8 Å². The second kappa shape index (κ2) is 6.79. The zero-order chi connectivity index (χ0) is 15.4. The molecule has 1 rings (SSSR count). The normalized spacial score (nSPS) is 15.3. The molecule has 0 aromatic heterocycles. The van der Waals surface area contributed by atoms with Crippen molar-refractivity contribution < 1.29 is 22.4 Å². The Balaban J connectivity index is 3.10. The molecule has 0 fully saturated rings. The fourth-order valence-corrected chi connectivity index (χ4v) is 3.23. The van der Waals surface area contributed by atoms with E-state index < -0.39 is 13.3 Å². The molecular formula is C14H21F2O3P. The van der Waals surface area contributed by atoms with Crippen LogP contribution in [-0.4, -0.2) is 13.2 Å². The molecule has 1 unspecified atom stereocenters. The van der Waals surface area contributed by atoms with E-state index in [0.29, 0.717) is 0 Å². The number of hydrogen-bond donors (Lipinski definition) is 0. The van der Waals surface area contributed by atoms with Gasteiger partial charge >= 0.3 is 13.3 Å². The largest absolute Gasteiger partial charge is 0.404 e. The number of hydrogen-bond acceptors (Lipinski definition) is 3. The highest BCUT2D eigenvalue weighted by molar-refractivity contribution is 7.54. The van der Waals surface area contributed by atoms with Crippen LogP contribution in [0.5, 0.6) is 0 Å². The Morgan fingerprint density at radius 3 is 2.20 bits per heavy atom. The topological polar surface area (TPSA) is 35.5 Å². The van der Waals surface area contributed by atoms with Crippen molar-refractivity contribution in [3.05, 3.63) is 35.4 Å². The van der Waals surface area contributed by atoms with Gasteiger partial charge in [0.15, 0.2) is 0 Å². The highest BCUT2D eigenvalue weighted by Gasteiger charge is 2.54. The van der Waals surface area contributed by atoms with E-state index in [1.54, 1.807) is 32.9 Å². The molecule has 0 heterocycles. The van der Waals surface area contributed by atoms with Crippen LogP contribution >= 0.6 is 7.60 Å². The highest BCUT2D eigenvalue weighted by atomic mass is 31.2. The first-order chi connectivity index (χ1) is 9.23. The maximum atomic E-state index is 14.5. The van der Waals surface area contributed by atoms with E-state index in [2.05, 4.69) is 0 Å². The van der Waals surface area contributed by atoms with Gasteiger partial charge in [0, 0.05) is 5.56 Å². The molecule has 3 nitrogen and oxygen atoms in total. The quantitative estimate of drug-likeness (QED) is 0.669. The van der Waals surface area contributed by atoms with Gasteiger partial charge in [0.05, 0.1) is 13.2 Å². The van der Waals surface area contributed by atoms with Crippen LogP contribution in [0.1, 0.15) is 31.9 Å². The molecule has 0 bridgehead atoms. The van der Waals surface area contributed by atoms with Crippen molar-refractivity contribution in [3.8, 4) is 0 Å². The zero-order valence-electron chi connectivity index (χ0n) is 12.2. The standard InChI is InChI=1S/C14H21F2O3P/c1-5-18-20(17,19-10-11(2)3)14(15,16)13-8-6-12(4)7-9-13/h6-9,11H,5,10H2,1-4H3. The van der Waals surface area contributed by atoms with Crippen molar-refractivity contribution in [1.82, 2.24) is 0 Å². The van der Waals surface area contributed by atoms with E-state index in [4.69, 9.17) is 9.05 Å². The average molecular weight is 306 g/mol. The molecule has 0 amide bonds. The summed E-state index contributed by atoms with van der Waals surface area (Å²) in [6.07, 6.45) is 0. The molecule has 0 aliphatic heterocycles. The van der Waals surface area contributed by atoms with Crippen molar-refractivity contribution in [1.29, 1.82) is 0 Å². The van der Waals surface area contributed by atoms with E-state index >= 15 is 0 Å². The van der Waals surface area contributed by atoms with Gasteiger partial charge in [-0.3, -0.25) is 4.57 Å². The van der Waals surface area contributed by atoms with Crippen LogP contribution in [0.4, 0.5) is 8.78 Å². The van der Waals surface area contributed by atoms with E-state index in [9.17, 15) is 13.3 Å². The molecule has 20 heavy (non-hydrogen) atoms. The summed E-state index contributed by atoms with van der Waals surface area (Å²) in [5.74, 6) is -0.0161. The number of alkyl halides is 2. The predicted molar refractivity (Wildman–Crippen MR) is 75.1 cm³/mol. The molecule has 0 aliphatic rings. The molecule has 114 valence electrons. The molecular weight excluding hydrogens is 285 g/mol. The zero-order valence-corrected chi connectivity index (χ0v) is 13.1. The molecule has 1 aromatic rings. The van der Waals surface area contributed by atoms with E-state index in [1.165, 1.54) is 19.1 Å². The van der Waals surface area contributed by atoms with E-state index in [1.807, 2.05) is 0 Å². The average Bonchev–Trinajstić information content (AvgIpc) is 2.37. The van der Waals surface area contributed by atoms with Crippen LogP contribution in [0.15, 0.2) is 24.3 Å². The fraction of sp³-hybridized carbons (Fsp3) is 0.571. The van der Waals surface area contributed by atoms with Gasteiger partial charge in [-0.2, -0.15) is 8.78 Å². The maximum absolute atomic E-state index is 14.5. The monoisotopic (exact) mass is 306 g/mol. The first-order valence-electron chi connectivity index (χ1n) is 6.57. The Hall–Kier alpha value is -0.770. The van der Waals surface area contributed by atoms with Gasteiger partial charge in [-0.15, -0.1) is 0 Å². The van der Waals surface area contributed by atoms with E-state index in [-0.39, 0.29) is 24.7 Å². The summed E-state index contributed by atoms with van der Waals surface area (Å²) in [5, 5.41) is 0. The van der Waals surface area contributed by atoms with Crippen molar-refractivity contribution in [3.63, 3.8) is 0 Å². The SMILES string of the molecule is CCOP(=O)(OCC(C)C)C(F)(F)c1ccc(C)cc1. The number of rotatable bonds is 7. The number of aryl methyl sites for hydroxylation is 1. The van der Waals surface area contributed by atoms with Crippen molar-refractivity contribution in [2.75, 3.05) is 13.2 Å². The minimum atomic E-state index is -4.55. The summed E-state index contributed by atoms with van der Waals surface area (Å²) in [5.41, 5.74) is -3.17. The van der Waals surface area contributed by atoms with Crippen molar-refractivity contribution >= 4 is 7.60 Å². The molecule has 0 saturated carbocycles. The molecule has 6 heteroatoms. The third-order valence-electron chi connectivity index (χ3n) is 2.62. The Morgan fingerprint density at radius 1 is 1.20 bits per heavy atom. The molecule has 1 atom stereocenters. The van der Waals surface area contributed by atoms with Crippen LogP contribution < -0.4 is 0 Å². The van der Waals surface area contributed by atoms with Gasteiger partial charge in [0.25, 0.3) is 0 Å². The van der Waals surface area contributed by atoms with Crippen LogP contribution in [-0.2, 0) is 19.3 Å². The van der Waals surface area contributed by atoms with Crippen LogP contribution in [0.2, 0.25) is 0 Å². The lowest BCUT2D eigenvalue weighted by Crippen LogP contribution is -2.19. The van der Waals surface area contributed by atoms with Gasteiger partial charge in [0.1, 0.15) is 0 Å². The Kier molecular flexibility index (Phi) is 5.87. The molecule has 1 aromatic carbocycles. The summed E-state index contributed by atoms with van der Waals surface area (Å²) in [6.45, 7) is 6.74. The van der Waals surface area contributed by atoms with Gasteiger partial charge < -0.3 is 9.05 Å². The summed E-state index contributed by atoms with van der Waals surface area (Å²) in [4.78, 5) is 0. The minimum absolute atomic E-state index is 0.0161. The summed E-state index contributed by atoms with van der Waals surface area (Å²) < 4.78 is 51.1. The van der Waals surface area contributed by atoms with Crippen LogP contribution in [0.3, 0.4) is 0 Å². The van der Waals surface area contributed by atoms with Gasteiger partial charge in [-0.25, -0.2) is 0 Å². The third-order valence-corrected chi connectivity index (χ3v) is 4.65. The molecule has 0 spiro atoms. The van der Waals surface area contributed by atoms with Gasteiger partial charge in [-0.1, -0.05) is 43.7 Å². The Bertz CT molecular complexity index is 472. The van der Waals surface area contributed by atoms with Crippen molar-refractivity contribution in [2.45, 2.75) is 33.4 Å². The van der Waals surface area contributed by atoms with Gasteiger partial charge in [0.2, 0.25) is 0 Å². The van der Waals surface area contributed by atoms with Crippen LogP contribution in [0.25, 0.3) is 0 Å². The Morgan fingerprint density at radius 2 is 1.75 bits per heavy atom. The highest BCUT2D eigenvalue weighted by Crippen LogP contribution is 2.66. The van der Waals surface area contributed by atoms with Gasteiger partial charge in [-0.05, 0) is 19.8 Å². The Labute approximate surface area is 118 Å². The lowest BCUT2D eigenvalue weighted by atomic mass is 10.2. The van der Waals surface area contributed by atoms with Crippen molar-refractivity contribution in [2.24, 2.45) is 5.92 Å². The molecule has 0 N–H and O–H groups in total. The second-order valence-corrected chi connectivity index (χ2v) is 7.09. The minimum Gasteiger partial charge on any atom is -0.304 e. The maximum Gasteiger partial charge on any atom is 0.404 e. The third kappa shape index (κ3) is 3.87. The number of halogens is 2. The predicted octanol–water partition coefficient (Wildman–Crippen LogP) is 4.95. The number of benzene rings is 1. The molecule has 0 radical (unpaired) electrons. The molecule has 0 saturated heterocycles. The second-order valence-electron chi connectivity index (χ2n) is 5.01.